The van der Waals surface area contributed by atoms with Crippen LogP contribution < -0.4 is 15.7 Å². The fourth-order valence-corrected chi connectivity index (χ4v) is 6.02. The lowest BCUT2D eigenvalue weighted by atomic mass is 9.77. The van der Waals surface area contributed by atoms with Crippen molar-refractivity contribution in [2.24, 2.45) is 0 Å². The van der Waals surface area contributed by atoms with E-state index in [1.54, 1.807) is 36.4 Å². The van der Waals surface area contributed by atoms with Crippen molar-refractivity contribution in [1.82, 2.24) is 15.1 Å². The summed E-state index contributed by atoms with van der Waals surface area (Å²) < 4.78 is 17.1. The Labute approximate surface area is 241 Å². The number of nitrogens with zero attached hydrogens (tertiary/aromatic N) is 2. The van der Waals surface area contributed by atoms with Gasteiger partial charge in [0.15, 0.2) is 0 Å². The summed E-state index contributed by atoms with van der Waals surface area (Å²) in [5, 5.41) is 24.4. The van der Waals surface area contributed by atoms with Crippen molar-refractivity contribution in [3.05, 3.63) is 87.8 Å². The number of nitrogens with one attached hydrogen (secondary N) is 1. The highest BCUT2D eigenvalue weighted by molar-refractivity contribution is 5.98. The molecule has 1 fully saturated rings. The predicted molar refractivity (Wildman–Crippen MR) is 152 cm³/mol. The van der Waals surface area contributed by atoms with Crippen molar-refractivity contribution >= 4 is 22.8 Å². The van der Waals surface area contributed by atoms with Crippen LogP contribution in [0.25, 0.3) is 11.0 Å². The van der Waals surface area contributed by atoms with Crippen LogP contribution in [-0.4, -0.2) is 103 Å². The summed E-state index contributed by atoms with van der Waals surface area (Å²) in [6, 6.07) is 14.7. The number of rotatable bonds is 8. The summed E-state index contributed by atoms with van der Waals surface area (Å²) in [6.45, 7) is 2.93. The van der Waals surface area contributed by atoms with Gasteiger partial charge in [-0.05, 0) is 24.3 Å². The minimum atomic E-state index is -1.21. The monoisotopic (exact) mass is 575 g/mol. The second kappa shape index (κ2) is 12.1. The first-order valence-corrected chi connectivity index (χ1v) is 14.1. The topological polar surface area (TPSA) is 142 Å². The Hall–Kier alpha value is -4.03. The van der Waals surface area contributed by atoms with Gasteiger partial charge in [-0.15, -0.1) is 0 Å². The molecular formula is C31H33N3O8. The molecule has 2 aliphatic heterocycles. The van der Waals surface area contributed by atoms with E-state index in [4.69, 9.17) is 13.9 Å². The third kappa shape index (κ3) is 5.32. The summed E-state index contributed by atoms with van der Waals surface area (Å²) in [5.41, 5.74) is 0.488. The van der Waals surface area contributed by atoms with Gasteiger partial charge in [0.25, 0.3) is 5.91 Å². The molecule has 3 aromatic rings. The summed E-state index contributed by atoms with van der Waals surface area (Å²) in [5.74, 6) is -1.07. The van der Waals surface area contributed by atoms with Crippen LogP contribution in [0.1, 0.15) is 21.8 Å². The summed E-state index contributed by atoms with van der Waals surface area (Å²) >= 11 is 0. The number of aliphatic hydroxyl groups is 2. The minimum absolute atomic E-state index is 0.0428. The number of para-hydroxylation sites is 2. The fourth-order valence-electron chi connectivity index (χ4n) is 6.02. The smallest absolute Gasteiger partial charge is 0.349 e. The molecule has 3 aliphatic rings. The van der Waals surface area contributed by atoms with E-state index < -0.39 is 41.6 Å². The molecule has 2 amide bonds. The van der Waals surface area contributed by atoms with E-state index in [1.807, 2.05) is 18.2 Å². The number of hydrogen-bond acceptors (Lipinski definition) is 9. The first-order chi connectivity index (χ1) is 20.5. The van der Waals surface area contributed by atoms with Crippen LogP contribution in [0.5, 0.6) is 5.75 Å². The summed E-state index contributed by atoms with van der Waals surface area (Å²) in [4.78, 5) is 44.2. The van der Waals surface area contributed by atoms with Crippen LogP contribution in [-0.2, 0) is 9.53 Å². The molecule has 3 heterocycles. The molecule has 42 heavy (non-hydrogen) atoms. The standard InChI is InChI=1S/C31H33N3O8/c35-14-9-32-29(37)21-18-23(27(36)28-26(21)20-6-2-4-8-25(20)41-28)34(11-10-33-12-15-40-16-13-33)30(38)22-17-19-5-1-3-7-24(19)42-31(22)39/h1-8,17-18,23,26-28,35-36H,9-16H2,(H,32,37)/t23-,26+,27+,28+/m1/s1. The normalized spacial score (nSPS) is 23.4. The van der Waals surface area contributed by atoms with Gasteiger partial charge in [-0.2, -0.15) is 0 Å². The van der Waals surface area contributed by atoms with E-state index in [9.17, 15) is 24.6 Å². The van der Waals surface area contributed by atoms with Crippen LogP contribution in [0.3, 0.4) is 0 Å². The van der Waals surface area contributed by atoms with Gasteiger partial charge >= 0.3 is 5.63 Å². The van der Waals surface area contributed by atoms with E-state index in [1.165, 1.54) is 11.0 Å². The molecule has 6 rings (SSSR count). The first-order valence-electron chi connectivity index (χ1n) is 14.1. The second-order valence-corrected chi connectivity index (χ2v) is 10.6. The van der Waals surface area contributed by atoms with Crippen molar-refractivity contribution < 1.29 is 33.7 Å². The first kappa shape index (κ1) is 28.1. The Morgan fingerprint density at radius 1 is 1.07 bits per heavy atom. The largest absolute Gasteiger partial charge is 0.486 e. The molecule has 1 saturated heterocycles. The fraction of sp³-hybridized carbons (Fsp3) is 0.387. The Kier molecular flexibility index (Phi) is 8.07. The van der Waals surface area contributed by atoms with Crippen molar-refractivity contribution in [1.29, 1.82) is 0 Å². The van der Waals surface area contributed by atoms with Gasteiger partial charge in [-0.3, -0.25) is 14.5 Å². The number of benzene rings is 2. The Bertz CT molecular complexity index is 1560. The molecule has 4 atom stereocenters. The molecule has 0 unspecified atom stereocenters. The Balaban J connectivity index is 1.41. The van der Waals surface area contributed by atoms with Crippen molar-refractivity contribution in [3.63, 3.8) is 0 Å². The molecule has 3 N–H and O–H groups in total. The van der Waals surface area contributed by atoms with E-state index in [2.05, 4.69) is 10.2 Å². The zero-order valence-electron chi connectivity index (χ0n) is 23.0. The Morgan fingerprint density at radius 3 is 2.64 bits per heavy atom. The van der Waals surface area contributed by atoms with Gasteiger partial charge in [0.05, 0.1) is 31.8 Å². The maximum absolute atomic E-state index is 14.2. The number of morpholine rings is 1. The lowest BCUT2D eigenvalue weighted by molar-refractivity contribution is -0.118. The van der Waals surface area contributed by atoms with Crippen LogP contribution >= 0.6 is 0 Å². The predicted octanol–water partition coefficient (Wildman–Crippen LogP) is 0.890. The highest BCUT2D eigenvalue weighted by Crippen LogP contribution is 2.47. The average Bonchev–Trinajstić information content (AvgIpc) is 3.41. The lowest BCUT2D eigenvalue weighted by Crippen LogP contribution is -2.57. The number of carbonyl (C=O) groups is 2. The quantitative estimate of drug-likeness (QED) is 0.334. The Morgan fingerprint density at radius 2 is 1.83 bits per heavy atom. The van der Waals surface area contributed by atoms with Crippen molar-refractivity contribution in [3.8, 4) is 5.75 Å². The minimum Gasteiger partial charge on any atom is -0.486 e. The van der Waals surface area contributed by atoms with Gasteiger partial charge in [-0.1, -0.05) is 36.4 Å². The zero-order chi connectivity index (χ0) is 29.2. The highest BCUT2D eigenvalue weighted by atomic mass is 16.5. The summed E-state index contributed by atoms with van der Waals surface area (Å²) in [6.07, 6.45) is -0.457. The van der Waals surface area contributed by atoms with Crippen LogP contribution in [0.15, 0.2) is 75.5 Å². The van der Waals surface area contributed by atoms with Gasteiger partial charge in [-0.25, -0.2) is 4.79 Å². The molecule has 11 heteroatoms. The maximum Gasteiger partial charge on any atom is 0.349 e. The number of fused-ring (bicyclic) bond motifs is 4. The van der Waals surface area contributed by atoms with E-state index >= 15 is 0 Å². The van der Waals surface area contributed by atoms with Gasteiger partial charge in [0.1, 0.15) is 29.1 Å². The van der Waals surface area contributed by atoms with Gasteiger partial charge in [0, 0.05) is 49.2 Å². The third-order valence-corrected chi connectivity index (χ3v) is 8.13. The number of hydrogen-bond donors (Lipinski definition) is 3. The summed E-state index contributed by atoms with van der Waals surface area (Å²) in [7, 11) is 0. The molecule has 220 valence electrons. The van der Waals surface area contributed by atoms with Crippen LogP contribution in [0.2, 0.25) is 0 Å². The second-order valence-electron chi connectivity index (χ2n) is 10.6. The third-order valence-electron chi connectivity index (χ3n) is 8.13. The van der Waals surface area contributed by atoms with Crippen molar-refractivity contribution in [2.75, 3.05) is 52.5 Å². The molecule has 0 bridgehead atoms. The average molecular weight is 576 g/mol. The highest BCUT2D eigenvalue weighted by Gasteiger charge is 2.50. The lowest BCUT2D eigenvalue weighted by Gasteiger charge is -2.41. The van der Waals surface area contributed by atoms with Gasteiger partial charge in [0.2, 0.25) is 5.91 Å². The van der Waals surface area contributed by atoms with Crippen LogP contribution in [0.4, 0.5) is 0 Å². The molecule has 2 aromatic carbocycles. The maximum atomic E-state index is 14.2. The molecule has 1 aliphatic carbocycles. The molecule has 0 spiro atoms. The molecule has 0 saturated carbocycles. The molecule has 1 aromatic heterocycles. The van der Waals surface area contributed by atoms with E-state index in [0.29, 0.717) is 55.1 Å². The molecule has 11 nitrogen and oxygen atoms in total. The SMILES string of the molecule is O=C(NCCO)C1=C[C@@H](N(CCN2CCOCC2)C(=O)c2cc3ccccc3oc2=O)[C@H](O)[C@H]2Oc3ccccc3[C@@H]12. The van der Waals surface area contributed by atoms with Crippen molar-refractivity contribution in [2.45, 2.75) is 24.2 Å². The van der Waals surface area contributed by atoms with Gasteiger partial charge < -0.3 is 34.3 Å². The van der Waals surface area contributed by atoms with E-state index in [-0.39, 0.29) is 25.3 Å². The number of ether oxygens (including phenoxy) is 2. The number of carbonyl (C=O) groups excluding carboxylic acids is 2. The molecular weight excluding hydrogens is 542 g/mol. The zero-order valence-corrected chi connectivity index (χ0v) is 23.0. The number of amides is 2. The molecule has 0 radical (unpaired) electrons. The van der Waals surface area contributed by atoms with Crippen LogP contribution in [0, 0.1) is 0 Å². The number of aliphatic hydroxyl groups excluding tert-OH is 2. The van der Waals surface area contributed by atoms with E-state index in [0.717, 1.165) is 5.56 Å².